The van der Waals surface area contributed by atoms with Crippen LogP contribution < -0.4 is 5.73 Å². The molecule has 1 unspecified atom stereocenters. The number of anilines is 1. The lowest BCUT2D eigenvalue weighted by molar-refractivity contribution is -0.141. The first kappa shape index (κ1) is 10.4. The van der Waals surface area contributed by atoms with Gasteiger partial charge < -0.3 is 15.9 Å². The molecule has 0 aliphatic rings. The van der Waals surface area contributed by atoms with Gasteiger partial charge >= 0.3 is 5.97 Å². The summed E-state index contributed by atoms with van der Waals surface area (Å²) in [7, 11) is 0. The van der Waals surface area contributed by atoms with Gasteiger partial charge in [0, 0.05) is 5.69 Å². The average molecular weight is 195 g/mol. The van der Waals surface area contributed by atoms with Crippen LogP contribution in [0.25, 0.3) is 0 Å². The Morgan fingerprint density at radius 3 is 2.79 bits per heavy atom. The zero-order chi connectivity index (χ0) is 10.7. The number of rotatable bonds is 3. The van der Waals surface area contributed by atoms with Crippen molar-refractivity contribution in [2.75, 3.05) is 5.73 Å². The first-order chi connectivity index (χ1) is 6.50. The summed E-state index contributed by atoms with van der Waals surface area (Å²) in [6.07, 6.45) is 0.329. The molecule has 0 aromatic heterocycles. The fraction of sp³-hybridized carbons (Fsp3) is 0.300. The van der Waals surface area contributed by atoms with Crippen molar-refractivity contribution in [2.24, 2.45) is 5.92 Å². The first-order valence-corrected chi connectivity index (χ1v) is 4.31. The first-order valence-electron chi connectivity index (χ1n) is 4.31. The summed E-state index contributed by atoms with van der Waals surface area (Å²) in [5.74, 6) is -1.27. The summed E-state index contributed by atoms with van der Waals surface area (Å²) < 4.78 is 0. The van der Waals surface area contributed by atoms with Crippen LogP contribution in [-0.4, -0.2) is 16.2 Å². The normalized spacial score (nSPS) is 12.4. The van der Waals surface area contributed by atoms with Crippen LogP contribution in [0.5, 0.6) is 5.75 Å². The summed E-state index contributed by atoms with van der Waals surface area (Å²) in [6.45, 7) is 1.60. The Morgan fingerprint density at radius 1 is 1.57 bits per heavy atom. The van der Waals surface area contributed by atoms with E-state index in [0.717, 1.165) is 0 Å². The third-order valence-electron chi connectivity index (χ3n) is 2.07. The van der Waals surface area contributed by atoms with Crippen LogP contribution in [0.4, 0.5) is 5.69 Å². The molecule has 0 saturated heterocycles. The van der Waals surface area contributed by atoms with Gasteiger partial charge in [-0.25, -0.2) is 0 Å². The Hall–Kier alpha value is -1.71. The monoisotopic (exact) mass is 195 g/mol. The smallest absolute Gasteiger partial charge is 0.306 e. The predicted molar refractivity (Wildman–Crippen MR) is 53.0 cm³/mol. The molecule has 0 spiro atoms. The number of phenols is 1. The molecule has 1 aromatic carbocycles. The number of carboxylic acid groups (broad SMARTS) is 1. The van der Waals surface area contributed by atoms with Gasteiger partial charge in [0.25, 0.3) is 0 Å². The lowest BCUT2D eigenvalue weighted by atomic mass is 10.00. The lowest BCUT2D eigenvalue weighted by Gasteiger charge is -2.09. The second kappa shape index (κ2) is 4.00. The lowest BCUT2D eigenvalue weighted by Crippen LogP contribution is -2.13. The molecular formula is C10H13NO3. The molecular weight excluding hydrogens is 182 g/mol. The van der Waals surface area contributed by atoms with Gasteiger partial charge in [0.05, 0.1) is 5.92 Å². The van der Waals surface area contributed by atoms with Gasteiger partial charge in [0.15, 0.2) is 0 Å². The fourth-order valence-corrected chi connectivity index (χ4v) is 1.19. The molecule has 0 bridgehead atoms. The van der Waals surface area contributed by atoms with Crippen LogP contribution in [0.3, 0.4) is 0 Å². The number of benzene rings is 1. The van der Waals surface area contributed by atoms with E-state index in [9.17, 15) is 9.90 Å². The number of hydrogen-bond donors (Lipinski definition) is 3. The third-order valence-corrected chi connectivity index (χ3v) is 2.07. The van der Waals surface area contributed by atoms with Crippen LogP contribution in [0.15, 0.2) is 18.2 Å². The van der Waals surface area contributed by atoms with Gasteiger partial charge in [-0.1, -0.05) is 6.92 Å². The minimum atomic E-state index is -0.868. The van der Waals surface area contributed by atoms with E-state index in [1.807, 2.05) is 0 Å². The van der Waals surface area contributed by atoms with E-state index in [1.54, 1.807) is 13.0 Å². The number of hydrogen-bond acceptors (Lipinski definition) is 3. The molecule has 0 heterocycles. The van der Waals surface area contributed by atoms with Gasteiger partial charge in [0.1, 0.15) is 5.75 Å². The Kier molecular flexibility index (Phi) is 2.96. The number of nitrogens with two attached hydrogens (primary N) is 1. The largest absolute Gasteiger partial charge is 0.508 e. The molecule has 4 nitrogen and oxygen atoms in total. The van der Waals surface area contributed by atoms with Gasteiger partial charge in [0.2, 0.25) is 0 Å². The molecule has 1 aromatic rings. The zero-order valence-electron chi connectivity index (χ0n) is 7.90. The van der Waals surface area contributed by atoms with Crippen molar-refractivity contribution in [3.05, 3.63) is 23.8 Å². The third kappa shape index (κ3) is 2.39. The van der Waals surface area contributed by atoms with Crippen LogP contribution >= 0.6 is 0 Å². The van der Waals surface area contributed by atoms with Gasteiger partial charge in [-0.05, 0) is 30.2 Å². The van der Waals surface area contributed by atoms with E-state index in [2.05, 4.69) is 0 Å². The van der Waals surface area contributed by atoms with Gasteiger partial charge in [-0.15, -0.1) is 0 Å². The van der Waals surface area contributed by atoms with Crippen molar-refractivity contribution < 1.29 is 15.0 Å². The number of nitrogen functional groups attached to an aromatic ring is 1. The highest BCUT2D eigenvalue weighted by Crippen LogP contribution is 2.21. The van der Waals surface area contributed by atoms with Gasteiger partial charge in [-0.3, -0.25) is 4.79 Å². The number of aromatic hydroxyl groups is 1. The van der Waals surface area contributed by atoms with Crippen molar-refractivity contribution in [1.29, 1.82) is 0 Å². The molecule has 1 rings (SSSR count). The fourth-order valence-electron chi connectivity index (χ4n) is 1.19. The molecule has 4 heteroatoms. The van der Waals surface area contributed by atoms with Crippen LogP contribution in [-0.2, 0) is 11.2 Å². The maximum atomic E-state index is 10.6. The molecule has 76 valence electrons. The molecule has 0 amide bonds. The summed E-state index contributed by atoms with van der Waals surface area (Å²) in [5, 5.41) is 17.9. The molecule has 14 heavy (non-hydrogen) atoms. The summed E-state index contributed by atoms with van der Waals surface area (Å²) >= 11 is 0. The van der Waals surface area contributed by atoms with Crippen LogP contribution in [0.2, 0.25) is 0 Å². The minimum Gasteiger partial charge on any atom is -0.508 e. The second-order valence-corrected chi connectivity index (χ2v) is 3.33. The van der Waals surface area contributed by atoms with E-state index in [4.69, 9.17) is 10.8 Å². The van der Waals surface area contributed by atoms with Crippen LogP contribution in [0, 0.1) is 5.92 Å². The van der Waals surface area contributed by atoms with E-state index in [1.165, 1.54) is 12.1 Å². The quantitative estimate of drug-likeness (QED) is 0.500. The maximum Gasteiger partial charge on any atom is 0.306 e. The average Bonchev–Trinajstić information content (AvgIpc) is 2.11. The number of phenolic OH excluding ortho intramolecular Hbond substituents is 1. The summed E-state index contributed by atoms with van der Waals surface area (Å²) in [6, 6.07) is 4.54. The van der Waals surface area contributed by atoms with Crippen molar-refractivity contribution >= 4 is 11.7 Å². The second-order valence-electron chi connectivity index (χ2n) is 3.33. The van der Waals surface area contributed by atoms with Crippen molar-refractivity contribution in [1.82, 2.24) is 0 Å². The van der Waals surface area contributed by atoms with E-state index >= 15 is 0 Å². The van der Waals surface area contributed by atoms with Crippen molar-refractivity contribution in [3.63, 3.8) is 0 Å². The summed E-state index contributed by atoms with van der Waals surface area (Å²) in [5.41, 5.74) is 6.81. The Labute approximate surface area is 82.0 Å². The highest BCUT2D eigenvalue weighted by molar-refractivity contribution is 5.70. The highest BCUT2D eigenvalue weighted by atomic mass is 16.4. The van der Waals surface area contributed by atoms with E-state index < -0.39 is 11.9 Å². The molecule has 0 radical (unpaired) electrons. The standard InChI is InChI=1S/C10H13NO3/c1-6(10(13)14)4-7-5-8(12)2-3-9(7)11/h2-3,5-6,12H,4,11H2,1H3,(H,13,14). The topological polar surface area (TPSA) is 83.5 Å². The van der Waals surface area contributed by atoms with Gasteiger partial charge in [-0.2, -0.15) is 0 Å². The SMILES string of the molecule is CC(Cc1cc(O)ccc1N)C(=O)O. The Bertz CT molecular complexity index is 349. The number of aliphatic carboxylic acids is 1. The Morgan fingerprint density at radius 2 is 2.21 bits per heavy atom. The van der Waals surface area contributed by atoms with E-state index in [0.29, 0.717) is 17.7 Å². The predicted octanol–water partition coefficient (Wildman–Crippen LogP) is 1.24. The Balaban J connectivity index is 2.85. The minimum absolute atomic E-state index is 0.104. The van der Waals surface area contributed by atoms with Crippen molar-refractivity contribution in [2.45, 2.75) is 13.3 Å². The van der Waals surface area contributed by atoms with E-state index in [-0.39, 0.29) is 5.75 Å². The number of carboxylic acids is 1. The molecule has 0 fully saturated rings. The molecule has 1 atom stereocenters. The van der Waals surface area contributed by atoms with Crippen molar-refractivity contribution in [3.8, 4) is 5.75 Å². The summed E-state index contributed by atoms with van der Waals surface area (Å²) in [4.78, 5) is 10.6. The zero-order valence-corrected chi connectivity index (χ0v) is 7.90. The molecule has 0 saturated carbocycles. The molecule has 4 N–H and O–H groups in total. The molecule has 0 aliphatic carbocycles. The molecule has 0 aliphatic heterocycles. The maximum absolute atomic E-state index is 10.6. The highest BCUT2D eigenvalue weighted by Gasteiger charge is 2.13. The number of carbonyl (C=O) groups is 1. The van der Waals surface area contributed by atoms with Crippen LogP contribution in [0.1, 0.15) is 12.5 Å².